The topological polar surface area (TPSA) is 56.8 Å². The lowest BCUT2D eigenvalue weighted by atomic mass is 9.75. The minimum Gasteiger partial charge on any atom is -0.399 e. The molecule has 108 valence electrons. The van der Waals surface area contributed by atoms with Crippen LogP contribution >= 0.6 is 0 Å². The molecule has 1 fully saturated rings. The molecule has 0 saturated carbocycles. The van der Waals surface area contributed by atoms with Gasteiger partial charge >= 0.3 is 7.12 Å². The Balaban J connectivity index is 2.40. The van der Waals surface area contributed by atoms with Gasteiger partial charge in [-0.05, 0) is 46.1 Å². The van der Waals surface area contributed by atoms with Gasteiger partial charge < -0.3 is 15.0 Å². The Hall–Kier alpha value is -1.33. The first kappa shape index (κ1) is 15.1. The Bertz CT molecular complexity index is 511. The summed E-state index contributed by atoms with van der Waals surface area (Å²) < 4.78 is 12.2. The normalized spacial score (nSPS) is 20.8. The molecule has 0 aliphatic carbocycles. The number of benzene rings is 1. The first-order chi connectivity index (χ1) is 9.28. The van der Waals surface area contributed by atoms with E-state index in [4.69, 9.17) is 15.0 Å². The number of nitrogens with zero attached hydrogens (tertiary/aromatic N) is 1. The van der Waals surface area contributed by atoms with Crippen LogP contribution in [-0.4, -0.2) is 31.1 Å². The summed E-state index contributed by atoms with van der Waals surface area (Å²) in [5, 5.41) is 0. The largest absolute Gasteiger partial charge is 0.495 e. The molecule has 0 unspecified atom stereocenters. The van der Waals surface area contributed by atoms with Crippen molar-refractivity contribution in [2.24, 2.45) is 4.99 Å². The van der Waals surface area contributed by atoms with Gasteiger partial charge in [0.05, 0.1) is 11.2 Å². The zero-order chi connectivity index (χ0) is 15.0. The molecule has 1 aliphatic heterocycles. The van der Waals surface area contributed by atoms with Gasteiger partial charge in [0.25, 0.3) is 0 Å². The molecule has 4 nitrogen and oxygen atoms in total. The third-order valence-corrected chi connectivity index (χ3v) is 4.08. The van der Waals surface area contributed by atoms with Gasteiger partial charge in [-0.15, -0.1) is 0 Å². The molecule has 0 spiro atoms. The van der Waals surface area contributed by atoms with Crippen molar-refractivity contribution in [3.05, 3.63) is 23.8 Å². The fourth-order valence-electron chi connectivity index (χ4n) is 2.11. The lowest BCUT2D eigenvalue weighted by Gasteiger charge is -2.32. The third-order valence-electron chi connectivity index (χ3n) is 4.08. The summed E-state index contributed by atoms with van der Waals surface area (Å²) in [4.78, 5) is 4.29. The fraction of sp³-hybridized carbons (Fsp3) is 0.533. The average molecular weight is 274 g/mol. The molecule has 0 aromatic heterocycles. The molecule has 2 N–H and O–H groups in total. The molecule has 0 bridgehead atoms. The lowest BCUT2D eigenvalue weighted by molar-refractivity contribution is 0.00578. The van der Waals surface area contributed by atoms with Crippen LogP contribution < -0.4 is 11.2 Å². The van der Waals surface area contributed by atoms with E-state index in [1.165, 1.54) is 0 Å². The highest BCUT2D eigenvalue weighted by atomic mass is 16.7. The fourth-order valence-corrected chi connectivity index (χ4v) is 2.11. The van der Waals surface area contributed by atoms with E-state index in [2.05, 4.69) is 4.99 Å². The van der Waals surface area contributed by atoms with E-state index >= 15 is 0 Å². The molecular formula is C15H23BN2O2. The predicted molar refractivity (Wildman–Crippen MR) is 84.7 cm³/mol. The summed E-state index contributed by atoms with van der Waals surface area (Å²) in [5.74, 6) is 0. The zero-order valence-electron chi connectivity index (χ0n) is 12.9. The minimum atomic E-state index is -0.415. The minimum absolute atomic E-state index is 0.360. The van der Waals surface area contributed by atoms with E-state index < -0.39 is 7.12 Å². The van der Waals surface area contributed by atoms with Gasteiger partial charge in [0.1, 0.15) is 0 Å². The van der Waals surface area contributed by atoms with Gasteiger partial charge in [0.15, 0.2) is 0 Å². The molecule has 1 aromatic rings. The van der Waals surface area contributed by atoms with Crippen LogP contribution in [-0.2, 0) is 9.31 Å². The van der Waals surface area contributed by atoms with E-state index in [1.807, 2.05) is 52.8 Å². The number of hydrogen-bond acceptors (Lipinski definition) is 4. The first-order valence-electron chi connectivity index (χ1n) is 7.02. The highest BCUT2D eigenvalue weighted by Crippen LogP contribution is 2.36. The van der Waals surface area contributed by atoms with Crippen LogP contribution in [0.1, 0.15) is 40.2 Å². The second kappa shape index (κ2) is 5.22. The number of anilines is 1. The maximum absolute atomic E-state index is 6.09. The van der Waals surface area contributed by atoms with Gasteiger partial charge in [-0.1, -0.05) is 12.1 Å². The Morgan fingerprint density at radius 1 is 1.20 bits per heavy atom. The SMILES string of the molecule is CCN=Cc1c(N)cccc1B1OC(C)(C)C(C)(C)O1. The molecule has 1 aromatic carbocycles. The third kappa shape index (κ3) is 2.60. The highest BCUT2D eigenvalue weighted by molar-refractivity contribution is 6.63. The number of hydrogen-bond donors (Lipinski definition) is 1. The molecule has 2 rings (SSSR count). The number of nitrogen functional groups attached to an aromatic ring is 1. The molecule has 1 heterocycles. The molecule has 20 heavy (non-hydrogen) atoms. The summed E-state index contributed by atoms with van der Waals surface area (Å²) in [5.41, 5.74) is 7.85. The monoisotopic (exact) mass is 274 g/mol. The van der Waals surface area contributed by atoms with Crippen LogP contribution in [0.25, 0.3) is 0 Å². The van der Waals surface area contributed by atoms with Crippen LogP contribution in [0.15, 0.2) is 23.2 Å². The number of nitrogens with two attached hydrogens (primary N) is 1. The summed E-state index contributed by atoms with van der Waals surface area (Å²) in [6, 6.07) is 5.76. The van der Waals surface area contributed by atoms with E-state index in [1.54, 1.807) is 6.21 Å². The Morgan fingerprint density at radius 2 is 1.80 bits per heavy atom. The van der Waals surface area contributed by atoms with Gasteiger partial charge in [-0.25, -0.2) is 0 Å². The van der Waals surface area contributed by atoms with Crippen molar-refractivity contribution in [3.63, 3.8) is 0 Å². The number of rotatable bonds is 3. The maximum Gasteiger partial charge on any atom is 0.495 e. The summed E-state index contributed by atoms with van der Waals surface area (Å²) in [6.07, 6.45) is 1.80. The predicted octanol–water partition coefficient (Wildman–Crippen LogP) is 2.01. The molecule has 1 aliphatic rings. The second-order valence-electron chi connectivity index (χ2n) is 6.07. The van der Waals surface area contributed by atoms with Crippen molar-refractivity contribution in [2.45, 2.75) is 45.8 Å². The molecule has 1 saturated heterocycles. The van der Waals surface area contributed by atoms with Crippen molar-refractivity contribution >= 4 is 24.5 Å². The lowest BCUT2D eigenvalue weighted by Crippen LogP contribution is -2.41. The van der Waals surface area contributed by atoms with E-state index in [-0.39, 0.29) is 11.2 Å². The quantitative estimate of drug-likeness (QED) is 0.521. The molecule has 5 heteroatoms. The van der Waals surface area contributed by atoms with Crippen LogP contribution in [0.2, 0.25) is 0 Å². The maximum atomic E-state index is 6.09. The van der Waals surface area contributed by atoms with E-state index in [9.17, 15) is 0 Å². The van der Waals surface area contributed by atoms with Crippen molar-refractivity contribution in [1.29, 1.82) is 0 Å². The first-order valence-corrected chi connectivity index (χ1v) is 7.02. The van der Waals surface area contributed by atoms with Crippen molar-refractivity contribution in [2.75, 3.05) is 12.3 Å². The summed E-state index contributed by atoms with van der Waals surface area (Å²) >= 11 is 0. The Kier molecular flexibility index (Phi) is 3.94. The molecule has 0 atom stereocenters. The molecule has 0 radical (unpaired) electrons. The second-order valence-corrected chi connectivity index (χ2v) is 6.07. The summed E-state index contributed by atoms with van der Waals surface area (Å²) in [6.45, 7) is 10.9. The highest BCUT2D eigenvalue weighted by Gasteiger charge is 2.52. The van der Waals surface area contributed by atoms with Gasteiger partial charge in [0, 0.05) is 24.0 Å². The van der Waals surface area contributed by atoms with Crippen molar-refractivity contribution in [1.82, 2.24) is 0 Å². The van der Waals surface area contributed by atoms with Crippen LogP contribution in [0, 0.1) is 0 Å². The average Bonchev–Trinajstić information content (AvgIpc) is 2.56. The Labute approximate surface area is 121 Å². The van der Waals surface area contributed by atoms with Crippen LogP contribution in [0.4, 0.5) is 5.69 Å². The van der Waals surface area contributed by atoms with Crippen molar-refractivity contribution in [3.8, 4) is 0 Å². The van der Waals surface area contributed by atoms with E-state index in [0.29, 0.717) is 5.69 Å². The van der Waals surface area contributed by atoms with Crippen molar-refractivity contribution < 1.29 is 9.31 Å². The van der Waals surface area contributed by atoms with Gasteiger partial charge in [-0.2, -0.15) is 0 Å². The zero-order valence-corrected chi connectivity index (χ0v) is 12.9. The van der Waals surface area contributed by atoms with Gasteiger partial charge in [-0.3, -0.25) is 4.99 Å². The van der Waals surface area contributed by atoms with Crippen LogP contribution in [0.5, 0.6) is 0 Å². The number of aliphatic imine (C=N–C) groups is 1. The van der Waals surface area contributed by atoms with Gasteiger partial charge in [0.2, 0.25) is 0 Å². The van der Waals surface area contributed by atoms with E-state index in [0.717, 1.165) is 17.6 Å². The molecular weight excluding hydrogens is 251 g/mol. The summed E-state index contributed by atoms with van der Waals surface area (Å²) in [7, 11) is -0.415. The standard InChI is InChI=1S/C15H23BN2O2/c1-6-18-10-11-12(8-7-9-13(11)17)16-19-14(2,3)15(4,5)20-16/h7-10H,6,17H2,1-5H3. The van der Waals surface area contributed by atoms with Crippen LogP contribution in [0.3, 0.4) is 0 Å². The smallest absolute Gasteiger partial charge is 0.399 e. The Morgan fingerprint density at radius 3 is 2.35 bits per heavy atom. The molecule has 0 amide bonds.